The van der Waals surface area contributed by atoms with E-state index in [1.807, 2.05) is 62.6 Å². The molecule has 0 aliphatic rings. The van der Waals surface area contributed by atoms with Crippen LogP contribution in [0.1, 0.15) is 15.9 Å². The van der Waals surface area contributed by atoms with E-state index in [2.05, 4.69) is 21.2 Å². The van der Waals surface area contributed by atoms with Crippen LogP contribution in [-0.2, 0) is 6.54 Å². The van der Waals surface area contributed by atoms with Gasteiger partial charge in [-0.15, -0.1) is 0 Å². The molecule has 2 aromatic carbocycles. The van der Waals surface area contributed by atoms with E-state index in [0.29, 0.717) is 12.1 Å². The molecule has 0 heterocycles. The number of hydrogen-bond donors (Lipinski definition) is 1. The maximum absolute atomic E-state index is 12.5. The molecule has 20 heavy (non-hydrogen) atoms. The molecule has 2 rings (SSSR count). The fraction of sp³-hybridized carbons (Fsp3) is 0.188. The van der Waals surface area contributed by atoms with E-state index in [1.54, 1.807) is 4.90 Å². The van der Waals surface area contributed by atoms with Crippen molar-refractivity contribution in [2.45, 2.75) is 6.54 Å². The lowest BCUT2D eigenvalue weighted by Crippen LogP contribution is -2.27. The highest BCUT2D eigenvalue weighted by Crippen LogP contribution is 2.20. The molecule has 0 bridgehead atoms. The first-order valence-electron chi connectivity index (χ1n) is 6.39. The number of benzene rings is 2. The van der Waals surface area contributed by atoms with Gasteiger partial charge in [0.2, 0.25) is 0 Å². The van der Waals surface area contributed by atoms with Crippen molar-refractivity contribution in [3.05, 3.63) is 64.1 Å². The zero-order valence-corrected chi connectivity index (χ0v) is 13.1. The molecule has 2 aromatic rings. The van der Waals surface area contributed by atoms with Gasteiger partial charge in [0.15, 0.2) is 0 Å². The van der Waals surface area contributed by atoms with Crippen LogP contribution in [-0.4, -0.2) is 24.9 Å². The predicted octanol–water partition coefficient (Wildman–Crippen LogP) is 3.76. The summed E-state index contributed by atoms with van der Waals surface area (Å²) in [6, 6.07) is 15.5. The van der Waals surface area contributed by atoms with E-state index < -0.39 is 0 Å². The first-order valence-corrected chi connectivity index (χ1v) is 7.18. The first-order chi connectivity index (χ1) is 9.63. The standard InChI is InChI=1S/C16H17BrN2O/c1-18-15-10-6-4-8-13(15)16(20)19(2)11-12-7-3-5-9-14(12)17/h3-10,18H,11H2,1-2H3. The van der Waals surface area contributed by atoms with Crippen molar-refractivity contribution >= 4 is 27.5 Å². The van der Waals surface area contributed by atoms with Crippen LogP contribution in [0, 0.1) is 0 Å². The van der Waals surface area contributed by atoms with Gasteiger partial charge in [-0.25, -0.2) is 0 Å². The average Bonchev–Trinajstić information content (AvgIpc) is 2.48. The SMILES string of the molecule is CNc1ccccc1C(=O)N(C)Cc1ccccc1Br. The van der Waals surface area contributed by atoms with Crippen LogP contribution in [0.3, 0.4) is 0 Å². The van der Waals surface area contributed by atoms with Crippen molar-refractivity contribution in [3.63, 3.8) is 0 Å². The zero-order valence-electron chi connectivity index (χ0n) is 11.6. The summed E-state index contributed by atoms with van der Waals surface area (Å²) < 4.78 is 1.02. The Balaban J connectivity index is 2.19. The van der Waals surface area contributed by atoms with E-state index in [4.69, 9.17) is 0 Å². The molecule has 4 heteroatoms. The molecular formula is C16H17BrN2O. The van der Waals surface area contributed by atoms with Crippen molar-refractivity contribution in [2.24, 2.45) is 0 Å². The van der Waals surface area contributed by atoms with Crippen molar-refractivity contribution < 1.29 is 4.79 Å². The molecule has 0 saturated carbocycles. The molecular weight excluding hydrogens is 316 g/mol. The third kappa shape index (κ3) is 3.20. The molecule has 0 saturated heterocycles. The Morgan fingerprint density at radius 3 is 2.50 bits per heavy atom. The molecule has 0 fully saturated rings. The minimum atomic E-state index is 0.00528. The minimum Gasteiger partial charge on any atom is -0.387 e. The van der Waals surface area contributed by atoms with Gasteiger partial charge in [-0.1, -0.05) is 46.3 Å². The summed E-state index contributed by atoms with van der Waals surface area (Å²) in [6.45, 7) is 0.568. The Morgan fingerprint density at radius 1 is 1.15 bits per heavy atom. The van der Waals surface area contributed by atoms with Gasteiger partial charge in [0, 0.05) is 30.8 Å². The zero-order chi connectivity index (χ0) is 14.5. The van der Waals surface area contributed by atoms with Gasteiger partial charge in [0.25, 0.3) is 5.91 Å². The molecule has 0 aliphatic carbocycles. The second-order valence-electron chi connectivity index (χ2n) is 4.55. The molecule has 104 valence electrons. The van der Waals surface area contributed by atoms with Gasteiger partial charge < -0.3 is 10.2 Å². The summed E-state index contributed by atoms with van der Waals surface area (Å²) in [5, 5.41) is 3.05. The van der Waals surface area contributed by atoms with Crippen LogP contribution in [0.15, 0.2) is 53.0 Å². The highest BCUT2D eigenvalue weighted by atomic mass is 79.9. The van der Waals surface area contributed by atoms with Gasteiger partial charge in [0.1, 0.15) is 0 Å². The number of para-hydroxylation sites is 1. The van der Waals surface area contributed by atoms with E-state index in [0.717, 1.165) is 15.7 Å². The summed E-state index contributed by atoms with van der Waals surface area (Å²) in [5.41, 5.74) is 2.62. The van der Waals surface area contributed by atoms with Gasteiger partial charge >= 0.3 is 0 Å². The third-order valence-corrected chi connectivity index (χ3v) is 3.91. The minimum absolute atomic E-state index is 0.00528. The van der Waals surface area contributed by atoms with Gasteiger partial charge in [-0.3, -0.25) is 4.79 Å². The molecule has 0 atom stereocenters. The third-order valence-electron chi connectivity index (χ3n) is 3.14. The number of anilines is 1. The molecule has 0 aromatic heterocycles. The number of amides is 1. The second-order valence-corrected chi connectivity index (χ2v) is 5.40. The Hall–Kier alpha value is -1.81. The van der Waals surface area contributed by atoms with Crippen molar-refractivity contribution in [1.29, 1.82) is 0 Å². The normalized spacial score (nSPS) is 10.2. The van der Waals surface area contributed by atoms with Crippen molar-refractivity contribution in [3.8, 4) is 0 Å². The van der Waals surface area contributed by atoms with E-state index >= 15 is 0 Å². The van der Waals surface area contributed by atoms with Crippen LogP contribution in [0.4, 0.5) is 5.69 Å². The molecule has 0 aliphatic heterocycles. The summed E-state index contributed by atoms with van der Waals surface area (Å²) in [7, 11) is 3.63. The topological polar surface area (TPSA) is 32.3 Å². The highest BCUT2D eigenvalue weighted by molar-refractivity contribution is 9.10. The second kappa shape index (κ2) is 6.57. The Kier molecular flexibility index (Phi) is 4.79. The summed E-state index contributed by atoms with van der Waals surface area (Å²) in [5.74, 6) is 0.00528. The Bertz CT molecular complexity index is 613. The van der Waals surface area contributed by atoms with Crippen molar-refractivity contribution in [1.82, 2.24) is 4.90 Å². The van der Waals surface area contributed by atoms with E-state index in [1.165, 1.54) is 0 Å². The number of nitrogens with zero attached hydrogens (tertiary/aromatic N) is 1. The van der Waals surface area contributed by atoms with Crippen LogP contribution in [0.2, 0.25) is 0 Å². The van der Waals surface area contributed by atoms with Gasteiger partial charge in [0.05, 0.1) is 5.56 Å². The summed E-state index contributed by atoms with van der Waals surface area (Å²) in [6.07, 6.45) is 0. The van der Waals surface area contributed by atoms with Crippen LogP contribution >= 0.6 is 15.9 Å². The van der Waals surface area contributed by atoms with Crippen molar-refractivity contribution in [2.75, 3.05) is 19.4 Å². The lowest BCUT2D eigenvalue weighted by Gasteiger charge is -2.19. The Labute approximate surface area is 127 Å². The number of hydrogen-bond acceptors (Lipinski definition) is 2. The first kappa shape index (κ1) is 14.6. The maximum atomic E-state index is 12.5. The number of nitrogens with one attached hydrogen (secondary N) is 1. The molecule has 1 amide bonds. The quantitative estimate of drug-likeness (QED) is 0.924. The smallest absolute Gasteiger partial charge is 0.255 e. The lowest BCUT2D eigenvalue weighted by atomic mass is 10.1. The van der Waals surface area contributed by atoms with E-state index in [9.17, 15) is 4.79 Å². The lowest BCUT2D eigenvalue weighted by molar-refractivity contribution is 0.0786. The predicted molar refractivity (Wildman–Crippen MR) is 85.9 cm³/mol. The fourth-order valence-electron chi connectivity index (χ4n) is 2.05. The average molecular weight is 333 g/mol. The number of halogens is 1. The molecule has 0 radical (unpaired) electrons. The Morgan fingerprint density at radius 2 is 1.80 bits per heavy atom. The monoisotopic (exact) mass is 332 g/mol. The van der Waals surface area contributed by atoms with Crippen LogP contribution in [0.5, 0.6) is 0 Å². The molecule has 0 spiro atoms. The molecule has 0 unspecified atom stereocenters. The van der Waals surface area contributed by atoms with E-state index in [-0.39, 0.29) is 5.91 Å². The molecule has 3 nitrogen and oxygen atoms in total. The van der Waals surface area contributed by atoms with Crippen LogP contribution < -0.4 is 5.32 Å². The van der Waals surface area contributed by atoms with Crippen LogP contribution in [0.25, 0.3) is 0 Å². The summed E-state index contributed by atoms with van der Waals surface area (Å²) >= 11 is 3.51. The number of rotatable bonds is 4. The maximum Gasteiger partial charge on any atom is 0.255 e. The van der Waals surface area contributed by atoms with Gasteiger partial charge in [-0.2, -0.15) is 0 Å². The molecule has 1 N–H and O–H groups in total. The highest BCUT2D eigenvalue weighted by Gasteiger charge is 2.15. The fourth-order valence-corrected chi connectivity index (χ4v) is 2.46. The van der Waals surface area contributed by atoms with Gasteiger partial charge in [-0.05, 0) is 23.8 Å². The summed E-state index contributed by atoms with van der Waals surface area (Å²) in [4.78, 5) is 14.2. The number of carbonyl (C=O) groups is 1. The largest absolute Gasteiger partial charge is 0.387 e. The number of carbonyl (C=O) groups excluding carboxylic acids is 1.